The molecule has 0 unspecified atom stereocenters. The summed E-state index contributed by atoms with van der Waals surface area (Å²) in [5.74, 6) is -0.781. The predicted molar refractivity (Wildman–Crippen MR) is 81.5 cm³/mol. The van der Waals surface area contributed by atoms with E-state index in [-0.39, 0.29) is 18.7 Å². The number of thiazole rings is 1. The molecule has 1 amide bonds. The largest absolute Gasteiger partial charge is 0.481 e. The van der Waals surface area contributed by atoms with Crippen LogP contribution in [0.2, 0.25) is 0 Å². The molecular formula is C15H22N2O3S. The molecular weight excluding hydrogens is 288 g/mol. The highest BCUT2D eigenvalue weighted by Gasteiger charge is 2.23. The normalized spacial score (nSPS) is 15.9. The van der Waals surface area contributed by atoms with E-state index >= 15 is 0 Å². The third kappa shape index (κ3) is 4.27. The number of carbonyl (C=O) groups is 2. The third-order valence-corrected chi connectivity index (χ3v) is 5.22. The Morgan fingerprint density at radius 3 is 2.57 bits per heavy atom. The van der Waals surface area contributed by atoms with Gasteiger partial charge in [0.1, 0.15) is 5.01 Å². The number of aryl methyl sites for hydroxylation is 1. The van der Waals surface area contributed by atoms with E-state index in [9.17, 15) is 9.59 Å². The average Bonchev–Trinajstić information content (AvgIpc) is 2.78. The monoisotopic (exact) mass is 310 g/mol. The summed E-state index contributed by atoms with van der Waals surface area (Å²) >= 11 is 1.34. The molecule has 1 N–H and O–H groups in total. The lowest BCUT2D eigenvalue weighted by Crippen LogP contribution is -2.39. The first kappa shape index (κ1) is 15.9. The van der Waals surface area contributed by atoms with Crippen LogP contribution in [0, 0.1) is 6.92 Å². The molecule has 1 aliphatic carbocycles. The SMILES string of the molecule is Cc1nc(CC(=O)N(C)C2CCCCC2)sc1CC(=O)O. The first-order valence-electron chi connectivity index (χ1n) is 7.40. The Kier molecular flexibility index (Phi) is 5.33. The van der Waals surface area contributed by atoms with Gasteiger partial charge in [0, 0.05) is 18.0 Å². The van der Waals surface area contributed by atoms with E-state index in [1.54, 1.807) is 6.92 Å². The molecule has 0 atom stereocenters. The second-order valence-electron chi connectivity index (χ2n) is 5.66. The Hall–Kier alpha value is -1.43. The zero-order valence-electron chi connectivity index (χ0n) is 12.6. The number of nitrogens with zero attached hydrogens (tertiary/aromatic N) is 2. The number of rotatable bonds is 5. The number of aliphatic carboxylic acids is 1. The molecule has 0 radical (unpaired) electrons. The van der Waals surface area contributed by atoms with Crippen molar-refractivity contribution < 1.29 is 14.7 Å². The summed E-state index contributed by atoms with van der Waals surface area (Å²) in [6.45, 7) is 1.80. The number of carboxylic acid groups (broad SMARTS) is 1. The molecule has 0 aliphatic heterocycles. The van der Waals surface area contributed by atoms with Crippen molar-refractivity contribution in [3.05, 3.63) is 15.6 Å². The Morgan fingerprint density at radius 1 is 1.29 bits per heavy atom. The highest BCUT2D eigenvalue weighted by molar-refractivity contribution is 7.11. The van der Waals surface area contributed by atoms with Crippen LogP contribution in [0.1, 0.15) is 47.7 Å². The van der Waals surface area contributed by atoms with E-state index in [0.29, 0.717) is 6.04 Å². The van der Waals surface area contributed by atoms with Crippen molar-refractivity contribution in [2.45, 2.75) is 57.9 Å². The summed E-state index contributed by atoms with van der Waals surface area (Å²) in [7, 11) is 1.87. The predicted octanol–water partition coefficient (Wildman–Crippen LogP) is 2.41. The van der Waals surface area contributed by atoms with Crippen molar-refractivity contribution in [2.24, 2.45) is 0 Å². The average molecular weight is 310 g/mol. The molecule has 1 aromatic heterocycles. The van der Waals surface area contributed by atoms with Crippen molar-refractivity contribution >= 4 is 23.2 Å². The van der Waals surface area contributed by atoms with Crippen LogP contribution in [0.5, 0.6) is 0 Å². The Balaban J connectivity index is 1.97. The third-order valence-electron chi connectivity index (χ3n) is 4.07. The zero-order chi connectivity index (χ0) is 15.4. The first-order valence-corrected chi connectivity index (χ1v) is 8.21. The van der Waals surface area contributed by atoms with E-state index < -0.39 is 5.97 Å². The van der Waals surface area contributed by atoms with Crippen molar-refractivity contribution in [3.63, 3.8) is 0 Å². The van der Waals surface area contributed by atoms with Gasteiger partial charge < -0.3 is 10.0 Å². The van der Waals surface area contributed by atoms with Gasteiger partial charge in [-0.15, -0.1) is 11.3 Å². The summed E-state index contributed by atoms with van der Waals surface area (Å²) in [6.07, 6.45) is 6.09. The van der Waals surface area contributed by atoms with Gasteiger partial charge in [0.05, 0.1) is 18.5 Å². The minimum Gasteiger partial charge on any atom is -0.481 e. The van der Waals surface area contributed by atoms with Gasteiger partial charge in [-0.1, -0.05) is 19.3 Å². The summed E-state index contributed by atoms with van der Waals surface area (Å²) in [6, 6.07) is 0.353. The summed E-state index contributed by atoms with van der Waals surface area (Å²) in [5, 5.41) is 9.56. The molecule has 116 valence electrons. The molecule has 6 heteroatoms. The number of hydrogen-bond donors (Lipinski definition) is 1. The van der Waals surface area contributed by atoms with Crippen molar-refractivity contribution in [1.29, 1.82) is 0 Å². The lowest BCUT2D eigenvalue weighted by Gasteiger charge is -2.31. The van der Waals surface area contributed by atoms with Gasteiger partial charge in [0.15, 0.2) is 0 Å². The lowest BCUT2D eigenvalue weighted by molar-refractivity contribution is -0.136. The van der Waals surface area contributed by atoms with E-state index in [1.807, 2.05) is 11.9 Å². The molecule has 0 bridgehead atoms. The summed E-state index contributed by atoms with van der Waals surface area (Å²) in [4.78, 5) is 30.0. The second-order valence-corrected chi connectivity index (χ2v) is 6.83. The van der Waals surface area contributed by atoms with Crippen LogP contribution in [-0.4, -0.2) is 40.0 Å². The van der Waals surface area contributed by atoms with Crippen molar-refractivity contribution in [2.75, 3.05) is 7.05 Å². The standard InChI is InChI=1S/C15H22N2O3S/c1-10-12(8-15(19)20)21-13(16-10)9-14(18)17(2)11-6-4-3-5-7-11/h11H,3-9H2,1-2H3,(H,19,20). The fourth-order valence-electron chi connectivity index (χ4n) is 2.79. The van der Waals surface area contributed by atoms with Crippen LogP contribution < -0.4 is 0 Å². The quantitative estimate of drug-likeness (QED) is 0.906. The van der Waals surface area contributed by atoms with Crippen LogP contribution >= 0.6 is 11.3 Å². The van der Waals surface area contributed by atoms with Gasteiger partial charge in [-0.05, 0) is 19.8 Å². The van der Waals surface area contributed by atoms with Gasteiger partial charge in [0.2, 0.25) is 5.91 Å². The Morgan fingerprint density at radius 2 is 1.95 bits per heavy atom. The molecule has 2 rings (SSSR count). The van der Waals surface area contributed by atoms with Crippen LogP contribution in [0.15, 0.2) is 0 Å². The number of amides is 1. The van der Waals surface area contributed by atoms with E-state index in [0.717, 1.165) is 28.4 Å². The maximum absolute atomic E-state index is 12.3. The fourth-order valence-corrected chi connectivity index (χ4v) is 3.84. The molecule has 5 nitrogen and oxygen atoms in total. The zero-order valence-corrected chi connectivity index (χ0v) is 13.4. The second kappa shape index (κ2) is 7.02. The van der Waals surface area contributed by atoms with Gasteiger partial charge in [-0.2, -0.15) is 0 Å². The highest BCUT2D eigenvalue weighted by Crippen LogP contribution is 2.23. The van der Waals surface area contributed by atoms with E-state index in [2.05, 4.69) is 4.98 Å². The number of hydrogen-bond acceptors (Lipinski definition) is 4. The lowest BCUT2D eigenvalue weighted by atomic mass is 9.94. The summed E-state index contributed by atoms with van der Waals surface area (Å²) < 4.78 is 0. The molecule has 1 heterocycles. The molecule has 0 aromatic carbocycles. The minimum absolute atomic E-state index is 0.0177. The maximum Gasteiger partial charge on any atom is 0.308 e. The van der Waals surface area contributed by atoms with Gasteiger partial charge in [-0.3, -0.25) is 9.59 Å². The Labute approximate surface area is 129 Å². The van der Waals surface area contributed by atoms with E-state index in [1.165, 1.54) is 30.6 Å². The van der Waals surface area contributed by atoms with Gasteiger partial charge in [0.25, 0.3) is 0 Å². The molecule has 1 fully saturated rings. The van der Waals surface area contributed by atoms with Crippen LogP contribution in [0.25, 0.3) is 0 Å². The Bertz CT molecular complexity index is 521. The van der Waals surface area contributed by atoms with Crippen molar-refractivity contribution in [1.82, 2.24) is 9.88 Å². The first-order chi connectivity index (χ1) is 9.97. The summed E-state index contributed by atoms with van der Waals surface area (Å²) in [5.41, 5.74) is 0.727. The highest BCUT2D eigenvalue weighted by atomic mass is 32.1. The molecule has 0 saturated heterocycles. The maximum atomic E-state index is 12.3. The van der Waals surface area contributed by atoms with Crippen molar-refractivity contribution in [3.8, 4) is 0 Å². The van der Waals surface area contributed by atoms with Crippen LogP contribution in [0.4, 0.5) is 0 Å². The molecule has 1 saturated carbocycles. The van der Waals surface area contributed by atoms with Crippen LogP contribution in [0.3, 0.4) is 0 Å². The van der Waals surface area contributed by atoms with Gasteiger partial charge >= 0.3 is 5.97 Å². The number of carbonyl (C=O) groups excluding carboxylic acids is 1. The van der Waals surface area contributed by atoms with E-state index in [4.69, 9.17) is 5.11 Å². The topological polar surface area (TPSA) is 70.5 Å². The number of carboxylic acids is 1. The molecule has 1 aromatic rings. The van der Waals surface area contributed by atoms with Gasteiger partial charge in [-0.25, -0.2) is 4.98 Å². The molecule has 1 aliphatic rings. The smallest absolute Gasteiger partial charge is 0.308 e. The van der Waals surface area contributed by atoms with Crippen LogP contribution in [-0.2, 0) is 22.4 Å². The molecule has 21 heavy (non-hydrogen) atoms. The fraction of sp³-hybridized carbons (Fsp3) is 0.667. The number of likely N-dealkylation sites (N-methyl/N-ethyl adjacent to an activating group) is 1. The minimum atomic E-state index is -0.862. The number of aromatic nitrogens is 1. The molecule has 0 spiro atoms.